The van der Waals surface area contributed by atoms with Crippen LogP contribution < -0.4 is 15.5 Å². The number of aryl methyl sites for hydroxylation is 2. The maximum absolute atomic E-state index is 12.4. The summed E-state index contributed by atoms with van der Waals surface area (Å²) in [5.41, 5.74) is 1.72. The average Bonchev–Trinajstić information content (AvgIpc) is 3.23. The molecule has 0 spiro atoms. The van der Waals surface area contributed by atoms with Crippen molar-refractivity contribution in [2.75, 3.05) is 16.8 Å². The lowest BCUT2D eigenvalue weighted by atomic mass is 10.2. The fourth-order valence-electron chi connectivity index (χ4n) is 2.64. The minimum atomic E-state index is -0.528. The van der Waals surface area contributed by atoms with Crippen LogP contribution in [-0.2, 0) is 18.3 Å². The Hall–Kier alpha value is -2.42. The molecule has 0 aliphatic carbocycles. The summed E-state index contributed by atoms with van der Waals surface area (Å²) in [5, 5.41) is 12.0. The quantitative estimate of drug-likeness (QED) is 0.861. The summed E-state index contributed by atoms with van der Waals surface area (Å²) < 4.78 is 1.65. The predicted molar refractivity (Wildman–Crippen MR) is 92.2 cm³/mol. The number of carbonyl (C=O) groups excluding carboxylic acids is 2. The normalized spacial score (nSPS) is 17.3. The van der Waals surface area contributed by atoms with Crippen LogP contribution in [0, 0.1) is 0 Å². The standard InChI is InChI=1S/C15H20N6O2S/c1-3-4-10-9-24-15(17-10)19-14(23)18-12-5-6-21(13(12)22)11-7-16-20(2)8-11/h7-9,12H,3-6H2,1-2H3,(H2,17,18,19,23)/t12-/m1/s1. The number of anilines is 2. The number of urea groups is 1. The molecule has 0 unspecified atom stereocenters. The van der Waals surface area contributed by atoms with Crippen molar-refractivity contribution in [3.05, 3.63) is 23.5 Å². The Labute approximate surface area is 143 Å². The lowest BCUT2D eigenvalue weighted by Gasteiger charge is -2.15. The molecular formula is C15H20N6O2S. The highest BCUT2D eigenvalue weighted by atomic mass is 32.1. The summed E-state index contributed by atoms with van der Waals surface area (Å²) in [6.07, 6.45) is 5.90. The van der Waals surface area contributed by atoms with E-state index in [1.165, 1.54) is 11.3 Å². The highest BCUT2D eigenvalue weighted by Crippen LogP contribution is 2.21. The molecule has 0 saturated carbocycles. The second-order valence-corrected chi connectivity index (χ2v) is 6.55. The van der Waals surface area contributed by atoms with Crippen molar-refractivity contribution >= 4 is 34.1 Å². The van der Waals surface area contributed by atoms with Crippen LogP contribution in [0.3, 0.4) is 0 Å². The van der Waals surface area contributed by atoms with Crippen LogP contribution in [0.5, 0.6) is 0 Å². The molecule has 1 atom stereocenters. The molecular weight excluding hydrogens is 328 g/mol. The first-order chi connectivity index (χ1) is 11.6. The number of carbonyl (C=O) groups is 2. The Kier molecular flexibility index (Phi) is 4.79. The molecule has 128 valence electrons. The first kappa shape index (κ1) is 16.4. The van der Waals surface area contributed by atoms with Crippen LogP contribution in [0.4, 0.5) is 15.6 Å². The van der Waals surface area contributed by atoms with Gasteiger partial charge in [-0.25, -0.2) is 9.78 Å². The van der Waals surface area contributed by atoms with Gasteiger partial charge in [-0.15, -0.1) is 11.3 Å². The average molecular weight is 348 g/mol. The van der Waals surface area contributed by atoms with Gasteiger partial charge in [0.15, 0.2) is 5.13 Å². The highest BCUT2D eigenvalue weighted by molar-refractivity contribution is 7.13. The van der Waals surface area contributed by atoms with Gasteiger partial charge in [0.2, 0.25) is 5.91 Å². The van der Waals surface area contributed by atoms with E-state index in [-0.39, 0.29) is 5.91 Å². The van der Waals surface area contributed by atoms with Crippen molar-refractivity contribution in [2.24, 2.45) is 7.05 Å². The van der Waals surface area contributed by atoms with Crippen molar-refractivity contribution < 1.29 is 9.59 Å². The third-order valence-electron chi connectivity index (χ3n) is 3.79. The molecule has 0 bridgehead atoms. The van der Waals surface area contributed by atoms with Crippen LogP contribution in [0.1, 0.15) is 25.5 Å². The van der Waals surface area contributed by atoms with Gasteiger partial charge >= 0.3 is 6.03 Å². The van der Waals surface area contributed by atoms with Gasteiger partial charge < -0.3 is 10.2 Å². The monoisotopic (exact) mass is 348 g/mol. The second kappa shape index (κ2) is 7.00. The minimum absolute atomic E-state index is 0.121. The number of hydrogen-bond acceptors (Lipinski definition) is 5. The van der Waals surface area contributed by atoms with Crippen molar-refractivity contribution in [3.8, 4) is 0 Å². The van der Waals surface area contributed by atoms with Crippen molar-refractivity contribution in [1.29, 1.82) is 0 Å². The molecule has 3 heterocycles. The van der Waals surface area contributed by atoms with Gasteiger partial charge in [-0.2, -0.15) is 5.10 Å². The van der Waals surface area contributed by atoms with E-state index in [1.54, 1.807) is 29.0 Å². The van der Waals surface area contributed by atoms with Gasteiger partial charge in [0.05, 0.1) is 17.6 Å². The first-order valence-electron chi connectivity index (χ1n) is 7.88. The van der Waals surface area contributed by atoms with E-state index in [9.17, 15) is 9.59 Å². The zero-order valence-corrected chi connectivity index (χ0v) is 14.5. The van der Waals surface area contributed by atoms with E-state index in [2.05, 4.69) is 27.6 Å². The smallest absolute Gasteiger partial charge is 0.321 e. The van der Waals surface area contributed by atoms with E-state index in [0.717, 1.165) is 24.2 Å². The number of amides is 3. The summed E-state index contributed by atoms with van der Waals surface area (Å²) in [6, 6.07) is -0.931. The van der Waals surface area contributed by atoms with Crippen LogP contribution in [0.25, 0.3) is 0 Å². The summed E-state index contributed by atoms with van der Waals surface area (Å²) in [4.78, 5) is 30.5. The molecule has 3 rings (SSSR count). The molecule has 1 aliphatic rings. The van der Waals surface area contributed by atoms with Gasteiger partial charge in [-0.3, -0.25) is 14.8 Å². The van der Waals surface area contributed by atoms with Gasteiger partial charge in [0.1, 0.15) is 6.04 Å². The van der Waals surface area contributed by atoms with E-state index in [4.69, 9.17) is 0 Å². The Morgan fingerprint density at radius 3 is 3.04 bits per heavy atom. The third kappa shape index (κ3) is 3.56. The number of rotatable bonds is 5. The largest absolute Gasteiger partial charge is 0.326 e. The predicted octanol–water partition coefficient (Wildman–Crippen LogP) is 1.76. The Morgan fingerprint density at radius 1 is 1.50 bits per heavy atom. The van der Waals surface area contributed by atoms with E-state index < -0.39 is 12.1 Å². The molecule has 24 heavy (non-hydrogen) atoms. The summed E-state index contributed by atoms with van der Waals surface area (Å²) in [5.74, 6) is -0.121. The lowest BCUT2D eigenvalue weighted by Crippen LogP contribution is -2.43. The minimum Gasteiger partial charge on any atom is -0.326 e. The third-order valence-corrected chi connectivity index (χ3v) is 4.60. The highest BCUT2D eigenvalue weighted by Gasteiger charge is 2.34. The second-order valence-electron chi connectivity index (χ2n) is 5.70. The first-order valence-corrected chi connectivity index (χ1v) is 8.76. The molecule has 1 fully saturated rings. The topological polar surface area (TPSA) is 92.2 Å². The van der Waals surface area contributed by atoms with Crippen LogP contribution in [0.2, 0.25) is 0 Å². The van der Waals surface area contributed by atoms with Crippen LogP contribution >= 0.6 is 11.3 Å². The molecule has 1 aliphatic heterocycles. The van der Waals surface area contributed by atoms with Crippen molar-refractivity contribution in [2.45, 2.75) is 32.2 Å². The molecule has 1 saturated heterocycles. The van der Waals surface area contributed by atoms with Gasteiger partial charge in [-0.1, -0.05) is 13.3 Å². The fraction of sp³-hybridized carbons (Fsp3) is 0.467. The van der Waals surface area contributed by atoms with E-state index >= 15 is 0 Å². The Morgan fingerprint density at radius 2 is 2.33 bits per heavy atom. The van der Waals surface area contributed by atoms with Gasteiger partial charge in [-0.05, 0) is 12.8 Å². The number of nitrogens with one attached hydrogen (secondary N) is 2. The molecule has 0 radical (unpaired) electrons. The molecule has 3 amide bonds. The Bertz CT molecular complexity index is 740. The van der Waals surface area contributed by atoms with Crippen molar-refractivity contribution in [3.63, 3.8) is 0 Å². The molecule has 2 N–H and O–H groups in total. The number of aromatic nitrogens is 3. The maximum atomic E-state index is 12.4. The van der Waals surface area contributed by atoms with Crippen LogP contribution in [-0.4, -0.2) is 39.3 Å². The maximum Gasteiger partial charge on any atom is 0.321 e. The lowest BCUT2D eigenvalue weighted by molar-refractivity contribution is -0.118. The van der Waals surface area contributed by atoms with Crippen LogP contribution in [0.15, 0.2) is 17.8 Å². The van der Waals surface area contributed by atoms with E-state index in [1.807, 2.05) is 5.38 Å². The molecule has 2 aromatic rings. The fourth-order valence-corrected chi connectivity index (χ4v) is 3.38. The molecule has 0 aromatic carbocycles. The Balaban J connectivity index is 1.55. The number of nitrogens with zero attached hydrogens (tertiary/aromatic N) is 4. The van der Waals surface area contributed by atoms with E-state index in [0.29, 0.717) is 18.1 Å². The molecule has 8 nitrogen and oxygen atoms in total. The van der Waals surface area contributed by atoms with Crippen molar-refractivity contribution in [1.82, 2.24) is 20.1 Å². The summed E-state index contributed by atoms with van der Waals surface area (Å²) >= 11 is 1.39. The van der Waals surface area contributed by atoms with Gasteiger partial charge in [0, 0.05) is 25.2 Å². The van der Waals surface area contributed by atoms with Gasteiger partial charge in [0.25, 0.3) is 0 Å². The number of hydrogen-bond donors (Lipinski definition) is 2. The molecule has 2 aromatic heterocycles. The summed E-state index contributed by atoms with van der Waals surface area (Å²) in [6.45, 7) is 2.65. The molecule has 9 heteroatoms. The zero-order chi connectivity index (χ0) is 17.1. The number of thiazole rings is 1. The zero-order valence-electron chi connectivity index (χ0n) is 13.7. The SMILES string of the molecule is CCCc1csc(NC(=O)N[C@@H]2CCN(c3cnn(C)c3)C2=O)n1. The summed E-state index contributed by atoms with van der Waals surface area (Å²) in [7, 11) is 1.80.